The average molecular weight is 283 g/mol. The van der Waals surface area contributed by atoms with Gasteiger partial charge in [-0.25, -0.2) is 0 Å². The van der Waals surface area contributed by atoms with Crippen molar-refractivity contribution in [1.29, 1.82) is 0 Å². The summed E-state index contributed by atoms with van der Waals surface area (Å²) in [6.07, 6.45) is 0. The molecule has 0 saturated carbocycles. The predicted octanol–water partition coefficient (Wildman–Crippen LogP) is 2.78. The van der Waals surface area contributed by atoms with Crippen LogP contribution in [0, 0.1) is 5.41 Å². The summed E-state index contributed by atoms with van der Waals surface area (Å²) in [5.74, 6) is -0.304. The molecule has 4 nitrogen and oxygen atoms in total. The van der Waals surface area contributed by atoms with E-state index in [9.17, 15) is 9.59 Å². The van der Waals surface area contributed by atoms with E-state index in [0.717, 1.165) is 0 Å². The maximum Gasteiger partial charge on any atom is 0.243 e. The van der Waals surface area contributed by atoms with Crippen LogP contribution in [-0.4, -0.2) is 30.3 Å². The van der Waals surface area contributed by atoms with E-state index in [4.69, 9.17) is 11.6 Å². The molecule has 0 bridgehead atoms. The molecule has 5 heteroatoms. The van der Waals surface area contributed by atoms with Crippen LogP contribution in [0.4, 0.5) is 5.69 Å². The molecule has 1 aromatic carbocycles. The lowest BCUT2D eigenvalue weighted by molar-refractivity contribution is -0.140. The molecule has 0 saturated heterocycles. The number of likely N-dealkylation sites (N-methyl/N-ethyl adjacent to an activating group) is 1. The van der Waals surface area contributed by atoms with Gasteiger partial charge < -0.3 is 10.2 Å². The first kappa shape index (κ1) is 15.5. The fourth-order valence-electron chi connectivity index (χ4n) is 1.59. The van der Waals surface area contributed by atoms with Gasteiger partial charge in [-0.3, -0.25) is 9.59 Å². The number of hydrogen-bond acceptors (Lipinski definition) is 2. The summed E-state index contributed by atoms with van der Waals surface area (Å²) in [7, 11) is 1.62. The van der Waals surface area contributed by atoms with Gasteiger partial charge in [-0.1, -0.05) is 32.4 Å². The smallest absolute Gasteiger partial charge is 0.243 e. The minimum Gasteiger partial charge on any atom is -0.336 e. The third kappa shape index (κ3) is 4.91. The Balaban J connectivity index is 2.56. The summed E-state index contributed by atoms with van der Waals surface area (Å²) in [5.41, 5.74) is 0.168. The van der Waals surface area contributed by atoms with Crippen molar-refractivity contribution in [2.45, 2.75) is 20.8 Å². The highest BCUT2D eigenvalue weighted by atomic mass is 35.5. The molecule has 0 aliphatic rings. The van der Waals surface area contributed by atoms with E-state index in [1.807, 2.05) is 20.8 Å². The van der Waals surface area contributed by atoms with E-state index >= 15 is 0 Å². The van der Waals surface area contributed by atoms with Crippen LogP contribution >= 0.6 is 11.6 Å². The number of amides is 2. The van der Waals surface area contributed by atoms with Crippen LogP contribution < -0.4 is 5.32 Å². The van der Waals surface area contributed by atoms with E-state index in [1.54, 1.807) is 31.3 Å². The highest BCUT2D eigenvalue weighted by Crippen LogP contribution is 2.16. The molecule has 0 fully saturated rings. The van der Waals surface area contributed by atoms with Crippen LogP contribution in [0.2, 0.25) is 5.02 Å². The lowest BCUT2D eigenvalue weighted by atomic mass is 9.95. The molecule has 0 heterocycles. The van der Waals surface area contributed by atoms with Crippen molar-refractivity contribution in [2.75, 3.05) is 18.9 Å². The van der Waals surface area contributed by atoms with Crippen molar-refractivity contribution in [3.8, 4) is 0 Å². The van der Waals surface area contributed by atoms with Crippen LogP contribution in [0.1, 0.15) is 20.8 Å². The van der Waals surface area contributed by atoms with Gasteiger partial charge in [0, 0.05) is 23.2 Å². The number of halogens is 1. The Bertz CT molecular complexity index is 463. The van der Waals surface area contributed by atoms with Gasteiger partial charge in [0.05, 0.1) is 6.54 Å². The lowest BCUT2D eigenvalue weighted by Crippen LogP contribution is -2.41. The summed E-state index contributed by atoms with van der Waals surface area (Å²) in [4.78, 5) is 25.1. The Hall–Kier alpha value is -1.55. The van der Waals surface area contributed by atoms with Gasteiger partial charge in [0.2, 0.25) is 11.8 Å². The molecule has 19 heavy (non-hydrogen) atoms. The molecule has 0 radical (unpaired) electrons. The molecule has 0 atom stereocenters. The van der Waals surface area contributed by atoms with Gasteiger partial charge in [-0.05, 0) is 24.3 Å². The summed E-state index contributed by atoms with van der Waals surface area (Å²) in [6.45, 7) is 5.49. The topological polar surface area (TPSA) is 49.4 Å². The number of rotatable bonds is 3. The number of carbonyl (C=O) groups excluding carboxylic acids is 2. The highest BCUT2D eigenvalue weighted by Gasteiger charge is 2.25. The van der Waals surface area contributed by atoms with Gasteiger partial charge >= 0.3 is 0 Å². The zero-order chi connectivity index (χ0) is 14.6. The van der Waals surface area contributed by atoms with E-state index in [0.29, 0.717) is 10.7 Å². The third-order valence-electron chi connectivity index (χ3n) is 2.50. The summed E-state index contributed by atoms with van der Waals surface area (Å²) >= 11 is 5.76. The van der Waals surface area contributed by atoms with Gasteiger partial charge in [-0.2, -0.15) is 0 Å². The van der Waals surface area contributed by atoms with Gasteiger partial charge in [0.25, 0.3) is 0 Å². The Morgan fingerprint density at radius 2 is 1.74 bits per heavy atom. The third-order valence-corrected chi connectivity index (χ3v) is 2.75. The van der Waals surface area contributed by atoms with Crippen LogP contribution in [0.25, 0.3) is 0 Å². The number of nitrogens with zero attached hydrogens (tertiary/aromatic N) is 1. The number of nitrogens with one attached hydrogen (secondary N) is 1. The minimum atomic E-state index is -0.491. The summed E-state index contributed by atoms with van der Waals surface area (Å²) in [6, 6.07) is 6.82. The zero-order valence-corrected chi connectivity index (χ0v) is 12.4. The molecule has 0 unspecified atom stereocenters. The first-order valence-corrected chi connectivity index (χ1v) is 6.39. The standard InChI is InChI=1S/C14H19ClN2O2/c1-14(2,3)13(19)17(4)9-12(18)16-11-7-5-10(15)6-8-11/h5-8H,9H2,1-4H3,(H,16,18). The minimum absolute atomic E-state index is 0.0265. The van der Waals surface area contributed by atoms with Crippen molar-refractivity contribution >= 4 is 29.1 Å². The van der Waals surface area contributed by atoms with Crippen LogP contribution in [0.3, 0.4) is 0 Å². The maximum absolute atomic E-state index is 11.9. The number of anilines is 1. The second-order valence-electron chi connectivity index (χ2n) is 5.47. The van der Waals surface area contributed by atoms with Crippen LogP contribution in [-0.2, 0) is 9.59 Å². The number of hydrogen-bond donors (Lipinski definition) is 1. The van der Waals surface area contributed by atoms with E-state index in [-0.39, 0.29) is 18.4 Å². The summed E-state index contributed by atoms with van der Waals surface area (Å²) in [5, 5.41) is 3.32. The molecule has 1 aromatic rings. The fraction of sp³-hybridized carbons (Fsp3) is 0.429. The highest BCUT2D eigenvalue weighted by molar-refractivity contribution is 6.30. The Kier molecular flexibility index (Phi) is 4.95. The second kappa shape index (κ2) is 6.06. The first-order valence-electron chi connectivity index (χ1n) is 6.01. The summed E-state index contributed by atoms with van der Waals surface area (Å²) < 4.78 is 0. The van der Waals surface area contributed by atoms with Crippen molar-refractivity contribution in [3.63, 3.8) is 0 Å². The Morgan fingerprint density at radius 3 is 2.21 bits per heavy atom. The number of carbonyl (C=O) groups is 2. The molecular formula is C14H19ClN2O2. The largest absolute Gasteiger partial charge is 0.336 e. The molecule has 1 rings (SSSR count). The second-order valence-corrected chi connectivity index (χ2v) is 5.90. The quantitative estimate of drug-likeness (QED) is 0.927. The fourth-order valence-corrected chi connectivity index (χ4v) is 1.72. The van der Waals surface area contributed by atoms with Crippen molar-refractivity contribution in [1.82, 2.24) is 4.90 Å². The molecule has 2 amide bonds. The molecular weight excluding hydrogens is 264 g/mol. The monoisotopic (exact) mass is 282 g/mol. The predicted molar refractivity (Wildman–Crippen MR) is 77.2 cm³/mol. The van der Waals surface area contributed by atoms with Gasteiger partial charge in [-0.15, -0.1) is 0 Å². The van der Waals surface area contributed by atoms with Crippen molar-refractivity contribution in [2.24, 2.45) is 5.41 Å². The number of benzene rings is 1. The van der Waals surface area contributed by atoms with Gasteiger partial charge in [0.1, 0.15) is 0 Å². The first-order chi connectivity index (χ1) is 8.70. The van der Waals surface area contributed by atoms with E-state index in [2.05, 4.69) is 5.32 Å². The van der Waals surface area contributed by atoms with E-state index in [1.165, 1.54) is 4.90 Å². The lowest BCUT2D eigenvalue weighted by Gasteiger charge is -2.25. The van der Waals surface area contributed by atoms with Crippen molar-refractivity contribution in [3.05, 3.63) is 29.3 Å². The molecule has 104 valence electrons. The average Bonchev–Trinajstić information content (AvgIpc) is 2.29. The van der Waals surface area contributed by atoms with Crippen LogP contribution in [0.15, 0.2) is 24.3 Å². The SMILES string of the molecule is CN(CC(=O)Nc1ccc(Cl)cc1)C(=O)C(C)(C)C. The van der Waals surface area contributed by atoms with Crippen molar-refractivity contribution < 1.29 is 9.59 Å². The molecule has 0 aliphatic carbocycles. The zero-order valence-electron chi connectivity index (χ0n) is 11.7. The molecule has 1 N–H and O–H groups in total. The van der Waals surface area contributed by atoms with Gasteiger partial charge in [0.15, 0.2) is 0 Å². The maximum atomic E-state index is 11.9. The normalized spacial score (nSPS) is 11.0. The molecule has 0 aliphatic heterocycles. The van der Waals surface area contributed by atoms with Crippen LogP contribution in [0.5, 0.6) is 0 Å². The molecule has 0 aromatic heterocycles. The van der Waals surface area contributed by atoms with E-state index < -0.39 is 5.41 Å². The molecule has 0 spiro atoms. The Morgan fingerprint density at radius 1 is 1.21 bits per heavy atom. The Labute approximate surface area is 118 Å².